The predicted molar refractivity (Wildman–Crippen MR) is 164 cm³/mol. The normalized spacial score (nSPS) is 30.1. The van der Waals surface area contributed by atoms with Gasteiger partial charge in [0.15, 0.2) is 0 Å². The molecule has 9 heteroatoms. The van der Waals surface area contributed by atoms with Gasteiger partial charge in [0.1, 0.15) is 0 Å². The number of imide groups is 2. The molecule has 6 atom stereocenters. The fraction of sp³-hybridized carbons (Fsp3) is 0.171. The molecule has 2 aliphatic heterocycles. The summed E-state index contributed by atoms with van der Waals surface area (Å²) in [6.07, 6.45) is 3.53. The van der Waals surface area contributed by atoms with Crippen molar-refractivity contribution in [3.8, 4) is 0 Å². The smallest absolute Gasteiger partial charge is 0.252 e. The van der Waals surface area contributed by atoms with Gasteiger partial charge >= 0.3 is 0 Å². The number of carbonyl (C=O) groups excluding carboxylic acids is 5. The zero-order valence-electron chi connectivity index (χ0n) is 23.2. The van der Waals surface area contributed by atoms with Crippen LogP contribution in [0.3, 0.4) is 0 Å². The van der Waals surface area contributed by atoms with Crippen LogP contribution in [-0.4, -0.2) is 35.1 Å². The number of benzene rings is 3. The van der Waals surface area contributed by atoms with E-state index in [0.717, 1.165) is 0 Å². The van der Waals surface area contributed by atoms with E-state index in [0.29, 0.717) is 21.8 Å². The molecule has 3 aromatic carbocycles. The van der Waals surface area contributed by atoms with Crippen LogP contribution in [0.25, 0.3) is 0 Å². The van der Waals surface area contributed by atoms with Crippen LogP contribution in [0.2, 0.25) is 0 Å². The number of thiophene rings is 1. The van der Waals surface area contributed by atoms with Crippen LogP contribution in [0.1, 0.15) is 15.2 Å². The second-order valence-electron chi connectivity index (χ2n) is 11.6. The number of rotatable bonds is 5. The Bertz CT molecular complexity index is 1790. The zero-order valence-corrected chi connectivity index (χ0v) is 24.0. The minimum Gasteiger partial charge on any atom is -0.341 e. The fourth-order valence-electron chi connectivity index (χ4n) is 7.97. The third kappa shape index (κ3) is 3.30. The first-order chi connectivity index (χ1) is 21.4. The number of para-hydroxylation sites is 2. The number of hydrogen-bond acceptors (Lipinski definition) is 6. The van der Waals surface area contributed by atoms with Gasteiger partial charge in [-0.25, -0.2) is 9.80 Å². The molecule has 3 fully saturated rings. The SMILES string of the molecule is O=C(NC12C=CC(c3cccs3)([C@@H]3C(=O)N(c4ccccc4)C(=O)[C@@H]31)[C@H]1C(=O)N(c3ccccc3)C(=O)[C@H]12)c1ccccc1. The fourth-order valence-corrected chi connectivity index (χ4v) is 8.96. The summed E-state index contributed by atoms with van der Waals surface area (Å²) in [5.41, 5.74) is -1.80. The monoisotopic (exact) mass is 599 g/mol. The van der Waals surface area contributed by atoms with Gasteiger partial charge in [0.05, 0.1) is 40.6 Å². The summed E-state index contributed by atoms with van der Waals surface area (Å²) in [7, 11) is 0. The van der Waals surface area contributed by atoms with Gasteiger partial charge in [0.25, 0.3) is 5.91 Å². The highest BCUT2D eigenvalue weighted by Crippen LogP contribution is 2.67. The molecule has 2 saturated heterocycles. The summed E-state index contributed by atoms with van der Waals surface area (Å²) in [5.74, 6) is -6.79. The average molecular weight is 600 g/mol. The molecule has 3 aliphatic carbocycles. The topological polar surface area (TPSA) is 104 Å². The van der Waals surface area contributed by atoms with Crippen molar-refractivity contribution in [2.75, 3.05) is 9.80 Å². The molecule has 44 heavy (non-hydrogen) atoms. The second kappa shape index (κ2) is 9.42. The van der Waals surface area contributed by atoms with Crippen LogP contribution in [0.15, 0.2) is 121 Å². The summed E-state index contributed by atoms with van der Waals surface area (Å²) >= 11 is 1.38. The third-order valence-corrected chi connectivity index (χ3v) is 10.7. The van der Waals surface area contributed by atoms with Crippen LogP contribution in [0.4, 0.5) is 11.4 Å². The van der Waals surface area contributed by atoms with Crippen molar-refractivity contribution in [3.63, 3.8) is 0 Å². The quantitative estimate of drug-likeness (QED) is 0.272. The number of anilines is 2. The van der Waals surface area contributed by atoms with Crippen LogP contribution in [-0.2, 0) is 24.6 Å². The molecular formula is C35H25N3O5S. The van der Waals surface area contributed by atoms with Gasteiger partial charge in [-0.3, -0.25) is 24.0 Å². The lowest BCUT2D eigenvalue weighted by atomic mass is 9.43. The highest BCUT2D eigenvalue weighted by atomic mass is 32.1. The van der Waals surface area contributed by atoms with Gasteiger partial charge < -0.3 is 5.32 Å². The number of allylic oxidation sites excluding steroid dienone is 1. The van der Waals surface area contributed by atoms with Crippen molar-refractivity contribution in [3.05, 3.63) is 131 Å². The second-order valence-corrected chi connectivity index (χ2v) is 12.6. The summed E-state index contributed by atoms with van der Waals surface area (Å²) in [4.78, 5) is 75.4. The predicted octanol–water partition coefficient (Wildman–Crippen LogP) is 4.35. The lowest BCUT2D eigenvalue weighted by Gasteiger charge is -2.58. The summed E-state index contributed by atoms with van der Waals surface area (Å²) < 4.78 is 0. The Morgan fingerprint density at radius 3 is 1.55 bits per heavy atom. The summed E-state index contributed by atoms with van der Waals surface area (Å²) in [5, 5.41) is 4.93. The standard InChI is InChI=1S/C35H25N3O5S/c39-29(21-11-4-1-5-12-21)36-35-19-18-34(24-17-10-20-44-24,25-27(35)32(42)37(30(25)40)22-13-6-2-7-14-22)26-28(35)33(43)38(31(26)41)23-15-8-3-9-16-23/h1-20,25-28H,(H,36,39)/t25-,26+,27+,28-,34?,35?. The molecule has 216 valence electrons. The van der Waals surface area contributed by atoms with Crippen LogP contribution in [0.5, 0.6) is 0 Å². The Balaban J connectivity index is 1.39. The molecule has 1 aromatic heterocycles. The Hall–Kier alpha value is -5.15. The summed E-state index contributed by atoms with van der Waals surface area (Å²) in [6, 6.07) is 29.5. The van der Waals surface area contributed by atoms with Crippen LogP contribution >= 0.6 is 11.3 Å². The molecule has 2 bridgehead atoms. The maximum atomic E-state index is 14.6. The Kier molecular flexibility index (Phi) is 5.67. The minimum absolute atomic E-state index is 0.331. The van der Waals surface area contributed by atoms with E-state index in [1.54, 1.807) is 97.1 Å². The molecule has 2 unspecified atom stereocenters. The number of nitrogens with one attached hydrogen (secondary N) is 1. The average Bonchev–Trinajstić information content (AvgIpc) is 3.77. The third-order valence-electron chi connectivity index (χ3n) is 9.65. The maximum Gasteiger partial charge on any atom is 0.252 e. The molecule has 5 amide bonds. The Morgan fingerprint density at radius 1 is 0.591 bits per heavy atom. The Labute approximate surface area is 256 Å². The number of hydrogen-bond donors (Lipinski definition) is 1. The maximum absolute atomic E-state index is 14.6. The van der Waals surface area contributed by atoms with Crippen molar-refractivity contribution in [1.82, 2.24) is 5.32 Å². The Morgan fingerprint density at radius 2 is 1.07 bits per heavy atom. The van der Waals surface area contributed by atoms with Crippen LogP contribution in [0, 0.1) is 23.7 Å². The molecule has 9 rings (SSSR count). The highest BCUT2D eigenvalue weighted by Gasteiger charge is 2.80. The molecule has 3 heterocycles. The molecule has 5 aliphatic rings. The highest BCUT2D eigenvalue weighted by molar-refractivity contribution is 7.10. The van der Waals surface area contributed by atoms with Gasteiger partial charge in [-0.2, -0.15) is 0 Å². The van der Waals surface area contributed by atoms with Gasteiger partial charge in [-0.05, 0) is 47.8 Å². The molecular weight excluding hydrogens is 574 g/mol. The van der Waals surface area contributed by atoms with E-state index in [-0.39, 0.29) is 0 Å². The molecule has 8 nitrogen and oxygen atoms in total. The van der Waals surface area contributed by atoms with E-state index in [4.69, 9.17) is 0 Å². The number of amides is 5. The summed E-state index contributed by atoms with van der Waals surface area (Å²) in [6.45, 7) is 0. The van der Waals surface area contributed by atoms with E-state index in [2.05, 4.69) is 5.32 Å². The van der Waals surface area contributed by atoms with Crippen molar-refractivity contribution in [2.45, 2.75) is 11.0 Å². The van der Waals surface area contributed by atoms with E-state index in [1.807, 2.05) is 23.6 Å². The lowest BCUT2D eigenvalue weighted by Crippen LogP contribution is -2.73. The molecule has 1 N–H and O–H groups in total. The van der Waals surface area contributed by atoms with E-state index in [1.165, 1.54) is 21.1 Å². The van der Waals surface area contributed by atoms with Gasteiger partial charge in [-0.1, -0.05) is 72.8 Å². The van der Waals surface area contributed by atoms with E-state index >= 15 is 0 Å². The number of carbonyl (C=O) groups is 5. The number of nitrogens with zero attached hydrogens (tertiary/aromatic N) is 2. The van der Waals surface area contributed by atoms with Gasteiger partial charge in [-0.15, -0.1) is 11.3 Å². The molecule has 0 radical (unpaired) electrons. The van der Waals surface area contributed by atoms with Crippen molar-refractivity contribution in [1.29, 1.82) is 0 Å². The first-order valence-corrected chi connectivity index (χ1v) is 15.3. The first kappa shape index (κ1) is 26.5. The van der Waals surface area contributed by atoms with Gasteiger partial charge in [0, 0.05) is 15.9 Å². The minimum atomic E-state index is -1.65. The van der Waals surface area contributed by atoms with Crippen LogP contribution < -0.4 is 15.1 Å². The van der Waals surface area contributed by atoms with Crippen molar-refractivity contribution >= 4 is 52.2 Å². The van der Waals surface area contributed by atoms with Gasteiger partial charge in [0.2, 0.25) is 23.6 Å². The first-order valence-electron chi connectivity index (χ1n) is 14.4. The molecule has 1 saturated carbocycles. The molecule has 0 spiro atoms. The zero-order chi connectivity index (χ0) is 30.2. The van der Waals surface area contributed by atoms with E-state index < -0.39 is 64.2 Å². The van der Waals surface area contributed by atoms with E-state index in [9.17, 15) is 24.0 Å². The largest absolute Gasteiger partial charge is 0.341 e. The van der Waals surface area contributed by atoms with Crippen molar-refractivity contribution in [2.24, 2.45) is 23.7 Å². The van der Waals surface area contributed by atoms with Crippen molar-refractivity contribution < 1.29 is 24.0 Å². The molecule has 4 aromatic rings. The lowest BCUT2D eigenvalue weighted by molar-refractivity contribution is -0.143.